The first-order chi connectivity index (χ1) is 17.7. The molecule has 4 nitrogen and oxygen atoms in total. The standard InChI is InChI=1S/C33H55NO3/c1-21(2)9-8-10-22(3)25-12-13-26-24-19-29-33(37-29)20-23(36-30(35)28-11-6-7-18-34-28)14-17-32(33,5)27(24)15-16-31(25,26)4/h21-29,34H,6-20H2,1-5H3/t22-,23?,24+,25-,26+,27+,28?,29-,31-,32-,33-/m1/s1. The van der Waals surface area contributed by atoms with Crippen LogP contribution in [0.4, 0.5) is 0 Å². The van der Waals surface area contributed by atoms with Gasteiger partial charge in [0.1, 0.15) is 17.7 Å². The Kier molecular flexibility index (Phi) is 7.04. The summed E-state index contributed by atoms with van der Waals surface area (Å²) in [6.45, 7) is 13.5. The lowest BCUT2D eigenvalue weighted by Gasteiger charge is -2.59. The van der Waals surface area contributed by atoms with Gasteiger partial charge in [-0.25, -0.2) is 0 Å². The van der Waals surface area contributed by atoms with Crippen molar-refractivity contribution in [3.05, 3.63) is 0 Å². The molecule has 4 saturated carbocycles. The SMILES string of the molecule is CC(C)CCC[C@@H](C)[C@H]1CC[C@H]2[C@@H]3C[C@H]4O[C@]45CC(OC(=O)C4CCCCN4)CC[C@]5(C)[C@H]3CC[C@]12C. The van der Waals surface area contributed by atoms with Gasteiger partial charge in [0.2, 0.25) is 0 Å². The van der Waals surface area contributed by atoms with E-state index in [0.29, 0.717) is 11.5 Å². The van der Waals surface area contributed by atoms with Crippen LogP contribution in [-0.4, -0.2) is 36.4 Å². The summed E-state index contributed by atoms with van der Waals surface area (Å²) in [5, 5.41) is 3.38. The van der Waals surface area contributed by atoms with E-state index in [2.05, 4.69) is 39.9 Å². The van der Waals surface area contributed by atoms with E-state index in [1.165, 1.54) is 64.2 Å². The molecule has 0 bridgehead atoms. The predicted molar refractivity (Wildman–Crippen MR) is 148 cm³/mol. The number of carbonyl (C=O) groups is 1. The number of piperidine rings is 1. The molecule has 37 heavy (non-hydrogen) atoms. The van der Waals surface area contributed by atoms with Crippen LogP contribution in [-0.2, 0) is 14.3 Å². The molecule has 1 N–H and O–H groups in total. The van der Waals surface area contributed by atoms with Crippen LogP contribution in [0.1, 0.15) is 125 Å². The highest BCUT2D eigenvalue weighted by Gasteiger charge is 2.76. The van der Waals surface area contributed by atoms with Crippen LogP contribution in [0.15, 0.2) is 0 Å². The summed E-state index contributed by atoms with van der Waals surface area (Å²) < 4.78 is 12.9. The first-order valence-corrected chi connectivity index (χ1v) is 16.3. The fraction of sp³-hybridized carbons (Fsp3) is 0.970. The zero-order valence-corrected chi connectivity index (χ0v) is 24.5. The first-order valence-electron chi connectivity index (χ1n) is 16.3. The van der Waals surface area contributed by atoms with Gasteiger partial charge in [-0.05, 0) is 105 Å². The van der Waals surface area contributed by atoms with Crippen LogP contribution >= 0.6 is 0 Å². The van der Waals surface area contributed by atoms with Crippen LogP contribution in [0.5, 0.6) is 0 Å². The van der Waals surface area contributed by atoms with Crippen molar-refractivity contribution in [3.8, 4) is 0 Å². The van der Waals surface area contributed by atoms with E-state index in [9.17, 15) is 4.79 Å². The highest BCUT2D eigenvalue weighted by molar-refractivity contribution is 5.76. The Bertz CT molecular complexity index is 853. The van der Waals surface area contributed by atoms with Crippen LogP contribution in [0.3, 0.4) is 0 Å². The minimum atomic E-state index is -0.0923. The van der Waals surface area contributed by atoms with Crippen molar-refractivity contribution in [2.75, 3.05) is 6.54 Å². The topological polar surface area (TPSA) is 50.9 Å². The van der Waals surface area contributed by atoms with Crippen molar-refractivity contribution in [3.63, 3.8) is 0 Å². The molecule has 0 aromatic heterocycles. The predicted octanol–water partition coefficient (Wildman–Crippen LogP) is 7.29. The Balaban J connectivity index is 1.12. The van der Waals surface area contributed by atoms with Crippen LogP contribution < -0.4 is 5.32 Å². The van der Waals surface area contributed by atoms with Gasteiger partial charge in [0.15, 0.2) is 0 Å². The maximum Gasteiger partial charge on any atom is 0.323 e. The van der Waals surface area contributed by atoms with E-state index < -0.39 is 0 Å². The summed E-state index contributed by atoms with van der Waals surface area (Å²) in [5.74, 6) is 5.11. The molecule has 6 aliphatic rings. The highest BCUT2D eigenvalue weighted by Crippen LogP contribution is 2.74. The number of hydrogen-bond acceptors (Lipinski definition) is 4. The molecule has 6 fully saturated rings. The van der Waals surface area contributed by atoms with Gasteiger partial charge in [-0.3, -0.25) is 4.79 Å². The maximum atomic E-state index is 12.9. The number of ether oxygens (including phenoxy) is 2. The molecule has 11 atom stereocenters. The molecule has 2 aliphatic heterocycles. The molecule has 1 spiro atoms. The van der Waals surface area contributed by atoms with Crippen molar-refractivity contribution in [2.45, 2.75) is 148 Å². The van der Waals surface area contributed by atoms with Crippen LogP contribution in [0, 0.1) is 46.3 Å². The molecule has 0 aromatic carbocycles. The Morgan fingerprint density at radius 1 is 1.00 bits per heavy atom. The molecule has 4 heteroatoms. The molecule has 2 saturated heterocycles. The zero-order valence-electron chi connectivity index (χ0n) is 24.5. The second-order valence-corrected chi connectivity index (χ2v) is 15.4. The summed E-state index contributed by atoms with van der Waals surface area (Å²) in [4.78, 5) is 12.9. The van der Waals surface area contributed by atoms with E-state index in [0.717, 1.165) is 67.7 Å². The molecule has 0 radical (unpaired) electrons. The normalized spacial score (nSPS) is 49.4. The monoisotopic (exact) mass is 513 g/mol. The summed E-state index contributed by atoms with van der Waals surface area (Å²) >= 11 is 0. The summed E-state index contributed by atoms with van der Waals surface area (Å²) in [6, 6.07) is -0.0923. The van der Waals surface area contributed by atoms with Gasteiger partial charge < -0.3 is 14.8 Å². The third kappa shape index (κ3) is 4.34. The fourth-order valence-corrected chi connectivity index (χ4v) is 11.1. The molecule has 2 unspecified atom stereocenters. The quantitative estimate of drug-likeness (QED) is 0.287. The fourth-order valence-electron chi connectivity index (χ4n) is 11.1. The number of fused-ring (bicyclic) bond motifs is 4. The summed E-state index contributed by atoms with van der Waals surface area (Å²) in [7, 11) is 0. The molecule has 6 rings (SSSR count). The maximum absolute atomic E-state index is 12.9. The second-order valence-electron chi connectivity index (χ2n) is 15.4. The molecule has 0 aromatic rings. The number of hydrogen-bond donors (Lipinski definition) is 1. The Morgan fingerprint density at radius 3 is 2.59 bits per heavy atom. The Morgan fingerprint density at radius 2 is 1.84 bits per heavy atom. The molecule has 4 aliphatic carbocycles. The molecular formula is C33H55NO3. The Hall–Kier alpha value is -0.610. The van der Waals surface area contributed by atoms with E-state index in [1.54, 1.807) is 0 Å². The average molecular weight is 514 g/mol. The van der Waals surface area contributed by atoms with E-state index >= 15 is 0 Å². The second kappa shape index (κ2) is 9.79. The van der Waals surface area contributed by atoms with E-state index in [-0.39, 0.29) is 29.1 Å². The van der Waals surface area contributed by atoms with Gasteiger partial charge >= 0.3 is 5.97 Å². The zero-order chi connectivity index (χ0) is 26.0. The third-order valence-corrected chi connectivity index (χ3v) is 13.1. The number of esters is 1. The molecule has 2 heterocycles. The summed E-state index contributed by atoms with van der Waals surface area (Å²) in [5.41, 5.74) is 0.769. The minimum Gasteiger partial charge on any atom is -0.461 e. The van der Waals surface area contributed by atoms with Gasteiger partial charge in [0, 0.05) is 11.8 Å². The molecule has 210 valence electrons. The molecule has 0 amide bonds. The van der Waals surface area contributed by atoms with Crippen LogP contribution in [0.25, 0.3) is 0 Å². The lowest BCUT2D eigenvalue weighted by atomic mass is 9.44. The van der Waals surface area contributed by atoms with Crippen LogP contribution in [0.2, 0.25) is 0 Å². The number of nitrogens with one attached hydrogen (secondary N) is 1. The molecular weight excluding hydrogens is 458 g/mol. The lowest BCUT2D eigenvalue weighted by Crippen LogP contribution is -2.59. The smallest absolute Gasteiger partial charge is 0.323 e. The highest BCUT2D eigenvalue weighted by atomic mass is 16.6. The van der Waals surface area contributed by atoms with Gasteiger partial charge in [-0.1, -0.05) is 60.3 Å². The minimum absolute atomic E-state index is 0.0106. The largest absolute Gasteiger partial charge is 0.461 e. The summed E-state index contributed by atoms with van der Waals surface area (Å²) in [6.07, 6.45) is 18.0. The van der Waals surface area contributed by atoms with E-state index in [1.807, 2.05) is 0 Å². The van der Waals surface area contributed by atoms with Crippen molar-refractivity contribution in [1.82, 2.24) is 5.32 Å². The lowest BCUT2D eigenvalue weighted by molar-refractivity contribution is -0.163. The van der Waals surface area contributed by atoms with Gasteiger partial charge in [-0.15, -0.1) is 0 Å². The Labute approximate surface area is 226 Å². The van der Waals surface area contributed by atoms with Gasteiger partial charge in [0.05, 0.1) is 6.10 Å². The van der Waals surface area contributed by atoms with Crippen molar-refractivity contribution < 1.29 is 14.3 Å². The third-order valence-electron chi connectivity index (χ3n) is 13.1. The van der Waals surface area contributed by atoms with Crippen molar-refractivity contribution in [2.24, 2.45) is 46.3 Å². The first kappa shape index (κ1) is 26.6. The number of rotatable bonds is 7. The van der Waals surface area contributed by atoms with Gasteiger partial charge in [-0.2, -0.15) is 0 Å². The average Bonchev–Trinajstić information content (AvgIpc) is 3.45. The van der Waals surface area contributed by atoms with Gasteiger partial charge in [0.25, 0.3) is 0 Å². The van der Waals surface area contributed by atoms with E-state index in [4.69, 9.17) is 9.47 Å². The van der Waals surface area contributed by atoms with Crippen molar-refractivity contribution >= 4 is 5.97 Å². The number of epoxide rings is 1. The van der Waals surface area contributed by atoms with Crippen molar-refractivity contribution in [1.29, 1.82) is 0 Å². The number of carbonyl (C=O) groups excluding carboxylic acids is 1.